The molecule has 1 aromatic carbocycles. The predicted octanol–water partition coefficient (Wildman–Crippen LogP) is 5.27. The van der Waals surface area contributed by atoms with Gasteiger partial charge in [-0.05, 0) is 42.6 Å². The van der Waals surface area contributed by atoms with Crippen molar-refractivity contribution in [1.82, 2.24) is 14.7 Å². The molecular weight excluding hydrogens is 622 g/mol. The van der Waals surface area contributed by atoms with E-state index in [0.29, 0.717) is 13.0 Å². The number of rotatable bonds is 19. The zero-order valence-corrected chi connectivity index (χ0v) is 31.9. The molecule has 1 heterocycles. The topological polar surface area (TPSA) is 114 Å². The second kappa shape index (κ2) is 19.8. The van der Waals surface area contributed by atoms with Crippen LogP contribution >= 0.6 is 0 Å². The van der Waals surface area contributed by atoms with Crippen molar-refractivity contribution in [3.05, 3.63) is 35.9 Å². The number of ether oxygens (including phenoxy) is 2. The van der Waals surface area contributed by atoms with Crippen LogP contribution in [-0.4, -0.2) is 104 Å². The van der Waals surface area contributed by atoms with Crippen LogP contribution in [0.15, 0.2) is 30.3 Å². The highest BCUT2D eigenvalue weighted by Gasteiger charge is 2.41. The summed E-state index contributed by atoms with van der Waals surface area (Å²) in [6.07, 6.45) is 2.56. The summed E-state index contributed by atoms with van der Waals surface area (Å²) >= 11 is 0. The summed E-state index contributed by atoms with van der Waals surface area (Å²) in [4.78, 5) is 72.0. The largest absolute Gasteiger partial charge is 0.469 e. The molecule has 276 valence electrons. The van der Waals surface area contributed by atoms with E-state index in [1.807, 2.05) is 62.9 Å². The molecule has 1 aliphatic rings. The van der Waals surface area contributed by atoms with Gasteiger partial charge in [-0.3, -0.25) is 24.0 Å². The summed E-state index contributed by atoms with van der Waals surface area (Å²) in [5.41, 5.74) is 0.969. The Balaban J connectivity index is 2.21. The third kappa shape index (κ3) is 11.4. The number of nitrogens with zero attached hydrogens (tertiary/aromatic N) is 3. The second-order valence-electron chi connectivity index (χ2n) is 14.7. The SMILES string of the molecule is CC[C@H](C)[C@@H]([C@@H](CC(=O)N1CCCC1[C@H](C)[C@@H](C)C(=O)C[C@@H](Cc1ccccc1)C(=O)OC)OC)N(C)C(=O)[C@@H](CC(=O)N(C)C)C(C)C. The molecule has 0 aliphatic carbocycles. The van der Waals surface area contributed by atoms with Crippen molar-refractivity contribution < 1.29 is 33.4 Å². The number of hydrogen-bond acceptors (Lipinski definition) is 7. The Morgan fingerprint density at radius 3 is 2.08 bits per heavy atom. The molecule has 0 aromatic heterocycles. The first-order valence-corrected chi connectivity index (χ1v) is 18.0. The Kier molecular flexibility index (Phi) is 16.9. The Bertz CT molecular complexity index is 1240. The van der Waals surface area contributed by atoms with Gasteiger partial charge < -0.3 is 24.2 Å². The highest BCUT2D eigenvalue weighted by molar-refractivity contribution is 5.87. The first-order valence-electron chi connectivity index (χ1n) is 18.0. The number of methoxy groups -OCH3 is 2. The molecule has 1 aromatic rings. The van der Waals surface area contributed by atoms with Crippen LogP contribution in [0.4, 0.5) is 0 Å². The minimum Gasteiger partial charge on any atom is -0.469 e. The summed E-state index contributed by atoms with van der Waals surface area (Å²) in [5.74, 6) is -2.26. The molecule has 1 fully saturated rings. The Morgan fingerprint density at radius 1 is 0.918 bits per heavy atom. The second-order valence-corrected chi connectivity index (χ2v) is 14.7. The van der Waals surface area contributed by atoms with Crippen LogP contribution in [0.3, 0.4) is 0 Å². The number of carbonyl (C=O) groups excluding carboxylic acids is 5. The summed E-state index contributed by atoms with van der Waals surface area (Å²) in [6, 6.07) is 9.12. The van der Waals surface area contributed by atoms with Crippen molar-refractivity contribution in [2.45, 2.75) is 105 Å². The molecule has 0 spiro atoms. The summed E-state index contributed by atoms with van der Waals surface area (Å²) in [6.45, 7) is 12.5. The average molecular weight is 686 g/mol. The number of ketones is 1. The molecule has 10 heteroatoms. The fourth-order valence-corrected chi connectivity index (χ4v) is 7.27. The molecule has 49 heavy (non-hydrogen) atoms. The molecule has 1 aliphatic heterocycles. The van der Waals surface area contributed by atoms with E-state index in [0.717, 1.165) is 24.8 Å². The fraction of sp³-hybridized carbons (Fsp3) is 0.718. The molecule has 0 bridgehead atoms. The number of amides is 3. The first-order chi connectivity index (χ1) is 23.1. The lowest BCUT2D eigenvalue weighted by Gasteiger charge is -2.40. The van der Waals surface area contributed by atoms with Gasteiger partial charge in [0.2, 0.25) is 17.7 Å². The van der Waals surface area contributed by atoms with E-state index >= 15 is 0 Å². The molecular formula is C39H63N3O7. The van der Waals surface area contributed by atoms with Crippen molar-refractivity contribution in [3.63, 3.8) is 0 Å². The molecule has 1 saturated heterocycles. The zero-order valence-electron chi connectivity index (χ0n) is 31.9. The maximum atomic E-state index is 14.0. The monoisotopic (exact) mass is 685 g/mol. The van der Waals surface area contributed by atoms with Gasteiger partial charge in [0, 0.05) is 65.5 Å². The van der Waals surface area contributed by atoms with Gasteiger partial charge in [0.05, 0.1) is 31.6 Å². The van der Waals surface area contributed by atoms with Gasteiger partial charge in [0.25, 0.3) is 0 Å². The third-order valence-electron chi connectivity index (χ3n) is 10.9. The van der Waals surface area contributed by atoms with Crippen molar-refractivity contribution in [3.8, 4) is 0 Å². The molecule has 8 atom stereocenters. The lowest BCUT2D eigenvalue weighted by molar-refractivity contribution is -0.149. The van der Waals surface area contributed by atoms with Crippen LogP contribution in [-0.2, 0) is 39.9 Å². The smallest absolute Gasteiger partial charge is 0.309 e. The van der Waals surface area contributed by atoms with Gasteiger partial charge in [-0.2, -0.15) is 0 Å². The number of carbonyl (C=O) groups is 5. The van der Waals surface area contributed by atoms with Crippen LogP contribution in [0.5, 0.6) is 0 Å². The maximum absolute atomic E-state index is 14.0. The maximum Gasteiger partial charge on any atom is 0.309 e. The Morgan fingerprint density at radius 2 is 1.55 bits per heavy atom. The van der Waals surface area contributed by atoms with Gasteiger partial charge in [0.15, 0.2) is 0 Å². The van der Waals surface area contributed by atoms with E-state index < -0.39 is 23.9 Å². The van der Waals surface area contributed by atoms with Gasteiger partial charge in [-0.25, -0.2) is 0 Å². The van der Waals surface area contributed by atoms with E-state index in [-0.39, 0.29) is 78.5 Å². The summed E-state index contributed by atoms with van der Waals surface area (Å²) in [7, 11) is 8.07. The van der Waals surface area contributed by atoms with Gasteiger partial charge in [0.1, 0.15) is 5.78 Å². The van der Waals surface area contributed by atoms with E-state index in [1.165, 1.54) is 12.0 Å². The van der Waals surface area contributed by atoms with Gasteiger partial charge in [-0.1, -0.05) is 78.3 Å². The fourth-order valence-electron chi connectivity index (χ4n) is 7.27. The van der Waals surface area contributed by atoms with Gasteiger partial charge in [-0.15, -0.1) is 0 Å². The molecule has 1 unspecified atom stereocenters. The van der Waals surface area contributed by atoms with Crippen LogP contribution in [0.1, 0.15) is 85.6 Å². The van der Waals surface area contributed by atoms with E-state index in [1.54, 1.807) is 33.2 Å². The quantitative estimate of drug-likeness (QED) is 0.182. The number of likely N-dealkylation sites (N-methyl/N-ethyl adjacent to an activating group) is 1. The summed E-state index contributed by atoms with van der Waals surface area (Å²) in [5, 5.41) is 0. The predicted molar refractivity (Wildman–Crippen MR) is 191 cm³/mol. The highest BCUT2D eigenvalue weighted by Crippen LogP contribution is 2.33. The van der Waals surface area contributed by atoms with Crippen molar-refractivity contribution >= 4 is 29.5 Å². The Hall–Kier alpha value is -3.27. The van der Waals surface area contributed by atoms with Gasteiger partial charge >= 0.3 is 5.97 Å². The van der Waals surface area contributed by atoms with Crippen molar-refractivity contribution in [2.75, 3.05) is 41.9 Å². The first kappa shape index (κ1) is 41.9. The highest BCUT2D eigenvalue weighted by atomic mass is 16.5. The number of esters is 1. The van der Waals surface area contributed by atoms with Crippen molar-refractivity contribution in [2.24, 2.45) is 35.5 Å². The lowest BCUT2D eigenvalue weighted by Crippen LogP contribution is -2.53. The van der Waals surface area contributed by atoms with Crippen LogP contribution in [0, 0.1) is 35.5 Å². The molecule has 2 rings (SSSR count). The molecule has 0 saturated carbocycles. The minimum absolute atomic E-state index is 0.0164. The van der Waals surface area contributed by atoms with Crippen LogP contribution in [0.2, 0.25) is 0 Å². The summed E-state index contributed by atoms with van der Waals surface area (Å²) < 4.78 is 11.0. The number of likely N-dealkylation sites (tertiary alicyclic amines) is 1. The van der Waals surface area contributed by atoms with E-state index in [2.05, 4.69) is 13.8 Å². The number of benzene rings is 1. The average Bonchev–Trinajstić information content (AvgIpc) is 3.58. The molecule has 0 N–H and O–H groups in total. The molecule has 3 amide bonds. The molecule has 0 radical (unpaired) electrons. The normalized spacial score (nSPS) is 18.9. The minimum atomic E-state index is -0.577. The number of Topliss-reactive ketones (excluding diaryl/α,β-unsaturated/α-hetero) is 1. The lowest BCUT2D eigenvalue weighted by atomic mass is 9.81. The van der Waals surface area contributed by atoms with Crippen LogP contribution < -0.4 is 0 Å². The Labute approximate surface area is 295 Å². The zero-order chi connectivity index (χ0) is 37.0. The molecule has 10 nitrogen and oxygen atoms in total. The third-order valence-corrected chi connectivity index (χ3v) is 10.9. The van der Waals surface area contributed by atoms with E-state index in [4.69, 9.17) is 9.47 Å². The van der Waals surface area contributed by atoms with E-state index in [9.17, 15) is 24.0 Å². The van der Waals surface area contributed by atoms with Crippen molar-refractivity contribution in [1.29, 1.82) is 0 Å². The van der Waals surface area contributed by atoms with Crippen LogP contribution in [0.25, 0.3) is 0 Å². The number of hydrogen-bond donors (Lipinski definition) is 0. The standard InChI is InChI=1S/C39H63N3O7/c1-12-26(4)37(41(9)38(46)31(25(2)3)23-35(44)40(7)8)34(48-10)24-36(45)42-20-16-19-32(42)27(5)28(6)33(43)22-30(39(47)49-11)21-29-17-14-13-15-18-29/h13-15,17-18,25-28,30-32,34,37H,12,16,19-24H2,1-11H3/t26-,27+,28+,30+,31-,32?,34+,37-/m0/s1.